The normalized spacial score (nSPS) is 11.0. The van der Waals surface area contributed by atoms with Gasteiger partial charge in [-0.3, -0.25) is 9.20 Å². The number of hydrogen-bond donors (Lipinski definition) is 1. The molecule has 0 saturated heterocycles. The average molecular weight is 345 g/mol. The molecule has 0 saturated carbocycles. The summed E-state index contributed by atoms with van der Waals surface area (Å²) in [4.78, 5) is 12.7. The second kappa shape index (κ2) is 6.48. The highest BCUT2D eigenvalue weighted by Crippen LogP contribution is 2.20. The molecule has 0 bridgehead atoms. The minimum atomic E-state index is -0.118. The third-order valence-electron chi connectivity index (χ3n) is 4.48. The van der Waals surface area contributed by atoms with Gasteiger partial charge in [-0.05, 0) is 44.2 Å². The molecule has 6 heteroatoms. The number of aryl methyl sites for hydroxylation is 1. The lowest BCUT2D eigenvalue weighted by molar-refractivity contribution is 0.0949. The van der Waals surface area contributed by atoms with Gasteiger partial charge in [-0.15, -0.1) is 10.2 Å². The van der Waals surface area contributed by atoms with Gasteiger partial charge in [0, 0.05) is 23.3 Å². The summed E-state index contributed by atoms with van der Waals surface area (Å²) >= 11 is 0. The van der Waals surface area contributed by atoms with Crippen molar-refractivity contribution in [3.8, 4) is 5.69 Å². The van der Waals surface area contributed by atoms with Crippen molar-refractivity contribution < 1.29 is 4.79 Å². The molecule has 4 aromatic rings. The lowest BCUT2D eigenvalue weighted by Crippen LogP contribution is -2.24. The molecule has 0 unspecified atom stereocenters. The molecule has 0 atom stereocenters. The average Bonchev–Trinajstić information content (AvgIpc) is 3.21. The van der Waals surface area contributed by atoms with Gasteiger partial charge in [-0.25, -0.2) is 0 Å². The zero-order valence-electron chi connectivity index (χ0n) is 14.7. The van der Waals surface area contributed by atoms with E-state index in [1.165, 1.54) is 0 Å². The Morgan fingerprint density at radius 3 is 2.62 bits per heavy atom. The van der Waals surface area contributed by atoms with Crippen LogP contribution >= 0.6 is 0 Å². The first-order valence-corrected chi connectivity index (χ1v) is 8.46. The van der Waals surface area contributed by atoms with Gasteiger partial charge in [-0.2, -0.15) is 0 Å². The number of pyridine rings is 1. The number of benzene rings is 1. The number of nitrogens with one attached hydrogen (secondary N) is 1. The molecular formula is C20H19N5O. The van der Waals surface area contributed by atoms with Crippen LogP contribution in [0.25, 0.3) is 11.3 Å². The first-order valence-electron chi connectivity index (χ1n) is 8.46. The van der Waals surface area contributed by atoms with E-state index in [1.54, 1.807) is 0 Å². The second-order valence-corrected chi connectivity index (χ2v) is 6.18. The van der Waals surface area contributed by atoms with Crippen molar-refractivity contribution in [3.63, 3.8) is 0 Å². The van der Waals surface area contributed by atoms with E-state index in [4.69, 9.17) is 0 Å². The monoisotopic (exact) mass is 345 g/mol. The van der Waals surface area contributed by atoms with Gasteiger partial charge < -0.3 is 9.88 Å². The van der Waals surface area contributed by atoms with Crippen LogP contribution in [-0.4, -0.2) is 25.1 Å². The van der Waals surface area contributed by atoms with Crippen molar-refractivity contribution in [1.82, 2.24) is 24.5 Å². The number of aromatic nitrogens is 4. The van der Waals surface area contributed by atoms with Crippen molar-refractivity contribution in [2.75, 3.05) is 0 Å². The summed E-state index contributed by atoms with van der Waals surface area (Å²) < 4.78 is 3.95. The first kappa shape index (κ1) is 16.1. The third kappa shape index (κ3) is 2.75. The Labute approximate surface area is 151 Å². The molecule has 6 nitrogen and oxygen atoms in total. The largest absolute Gasteiger partial charge is 0.345 e. The van der Waals surface area contributed by atoms with Crippen LogP contribution in [-0.2, 0) is 6.54 Å². The van der Waals surface area contributed by atoms with Crippen LogP contribution in [0.4, 0.5) is 0 Å². The van der Waals surface area contributed by atoms with E-state index in [0.29, 0.717) is 17.9 Å². The number of amides is 1. The van der Waals surface area contributed by atoms with Gasteiger partial charge in [-0.1, -0.05) is 24.3 Å². The van der Waals surface area contributed by atoms with Crippen molar-refractivity contribution in [1.29, 1.82) is 0 Å². The number of rotatable bonds is 4. The van der Waals surface area contributed by atoms with Crippen molar-refractivity contribution >= 4 is 11.6 Å². The Hall–Kier alpha value is -3.41. The number of para-hydroxylation sites is 1. The highest BCUT2D eigenvalue weighted by molar-refractivity contribution is 5.95. The highest BCUT2D eigenvalue weighted by atomic mass is 16.1. The lowest BCUT2D eigenvalue weighted by atomic mass is 10.2. The van der Waals surface area contributed by atoms with Gasteiger partial charge in [0.25, 0.3) is 5.91 Å². The zero-order chi connectivity index (χ0) is 18.1. The van der Waals surface area contributed by atoms with Crippen LogP contribution < -0.4 is 5.32 Å². The predicted molar refractivity (Wildman–Crippen MR) is 99.4 cm³/mol. The van der Waals surface area contributed by atoms with Crippen molar-refractivity contribution in [2.24, 2.45) is 0 Å². The molecule has 0 fully saturated rings. The van der Waals surface area contributed by atoms with E-state index >= 15 is 0 Å². The Balaban J connectivity index is 1.57. The van der Waals surface area contributed by atoms with Gasteiger partial charge in [0.2, 0.25) is 0 Å². The molecule has 1 N–H and O–H groups in total. The van der Waals surface area contributed by atoms with E-state index in [0.717, 1.165) is 22.7 Å². The minimum absolute atomic E-state index is 0.118. The fourth-order valence-electron chi connectivity index (χ4n) is 3.23. The molecular weight excluding hydrogens is 326 g/mol. The van der Waals surface area contributed by atoms with Gasteiger partial charge in [0.15, 0.2) is 11.5 Å². The summed E-state index contributed by atoms with van der Waals surface area (Å²) in [6.07, 6.45) is 1.89. The summed E-state index contributed by atoms with van der Waals surface area (Å²) in [7, 11) is 0. The molecule has 26 heavy (non-hydrogen) atoms. The molecule has 0 aliphatic heterocycles. The molecule has 0 radical (unpaired) electrons. The maximum absolute atomic E-state index is 12.7. The van der Waals surface area contributed by atoms with Gasteiger partial charge >= 0.3 is 0 Å². The second-order valence-electron chi connectivity index (χ2n) is 6.18. The predicted octanol–water partition coefficient (Wildman–Crippen LogP) is 3.07. The fraction of sp³-hybridized carbons (Fsp3) is 0.150. The number of hydrogen-bond acceptors (Lipinski definition) is 3. The summed E-state index contributed by atoms with van der Waals surface area (Å²) in [5.74, 6) is 0.582. The molecule has 1 amide bonds. The maximum Gasteiger partial charge on any atom is 0.253 e. The van der Waals surface area contributed by atoms with Crippen molar-refractivity contribution in [3.05, 3.63) is 83.6 Å². The SMILES string of the molecule is Cc1cc(C(=O)NCc2nnc3ccccn23)c(C)n1-c1ccccc1. The molecule has 4 rings (SSSR count). The smallest absolute Gasteiger partial charge is 0.253 e. The molecule has 0 spiro atoms. The zero-order valence-corrected chi connectivity index (χ0v) is 14.7. The summed E-state index contributed by atoms with van der Waals surface area (Å²) in [6, 6.07) is 17.6. The van der Waals surface area contributed by atoms with Crippen LogP contribution in [0.1, 0.15) is 27.6 Å². The quantitative estimate of drug-likeness (QED) is 0.618. The molecule has 3 aromatic heterocycles. The lowest BCUT2D eigenvalue weighted by Gasteiger charge is -2.10. The number of carbonyl (C=O) groups excluding carboxylic acids is 1. The minimum Gasteiger partial charge on any atom is -0.345 e. The summed E-state index contributed by atoms with van der Waals surface area (Å²) in [5, 5.41) is 11.2. The van der Waals surface area contributed by atoms with Crippen LogP contribution in [0.5, 0.6) is 0 Å². The number of fused-ring (bicyclic) bond motifs is 1. The van der Waals surface area contributed by atoms with E-state index in [-0.39, 0.29) is 5.91 Å². The topological polar surface area (TPSA) is 64.2 Å². The van der Waals surface area contributed by atoms with Gasteiger partial charge in [0.05, 0.1) is 12.1 Å². The Kier molecular flexibility index (Phi) is 4.01. The van der Waals surface area contributed by atoms with E-state index in [9.17, 15) is 4.79 Å². The molecule has 0 aliphatic rings. The Bertz CT molecular complexity index is 1080. The molecule has 130 valence electrons. The molecule has 0 aliphatic carbocycles. The number of carbonyl (C=O) groups is 1. The first-order chi connectivity index (χ1) is 12.6. The molecule has 1 aromatic carbocycles. The van der Waals surface area contributed by atoms with Crippen LogP contribution in [0.15, 0.2) is 60.8 Å². The standard InChI is InChI=1S/C20H19N5O/c1-14-12-17(15(2)25(14)16-8-4-3-5-9-16)20(26)21-13-19-23-22-18-10-6-7-11-24(18)19/h3-12H,13H2,1-2H3,(H,21,26). The van der Waals surface area contributed by atoms with Crippen LogP contribution in [0.3, 0.4) is 0 Å². The van der Waals surface area contributed by atoms with Crippen molar-refractivity contribution in [2.45, 2.75) is 20.4 Å². The van der Waals surface area contributed by atoms with E-state index in [1.807, 2.05) is 79.0 Å². The Morgan fingerprint density at radius 2 is 1.81 bits per heavy atom. The number of nitrogens with zero attached hydrogens (tertiary/aromatic N) is 4. The third-order valence-corrected chi connectivity index (χ3v) is 4.48. The summed E-state index contributed by atoms with van der Waals surface area (Å²) in [6.45, 7) is 4.28. The van der Waals surface area contributed by atoms with Crippen LogP contribution in [0, 0.1) is 13.8 Å². The fourth-order valence-corrected chi connectivity index (χ4v) is 3.23. The van der Waals surface area contributed by atoms with Crippen LogP contribution in [0.2, 0.25) is 0 Å². The summed E-state index contributed by atoms with van der Waals surface area (Å²) in [5.41, 5.74) is 4.41. The van der Waals surface area contributed by atoms with E-state index < -0.39 is 0 Å². The highest BCUT2D eigenvalue weighted by Gasteiger charge is 2.17. The van der Waals surface area contributed by atoms with E-state index in [2.05, 4.69) is 20.1 Å². The maximum atomic E-state index is 12.7. The Morgan fingerprint density at radius 1 is 1.04 bits per heavy atom. The van der Waals surface area contributed by atoms with Gasteiger partial charge in [0.1, 0.15) is 0 Å². The molecule has 3 heterocycles.